The molecule has 2 fully saturated rings. The predicted octanol–water partition coefficient (Wildman–Crippen LogP) is 7.70. The molecular weight excluding hydrogens is 586 g/mol. The first-order chi connectivity index (χ1) is 20.7. The Labute approximate surface area is 251 Å². The van der Waals surface area contributed by atoms with Crippen LogP contribution in [0.15, 0.2) is 72.8 Å². The smallest absolute Gasteiger partial charge is 0.416 e. The highest BCUT2D eigenvalue weighted by atomic mass is 19.4. The second kappa shape index (κ2) is 12.3. The molecule has 1 N–H and O–H groups in total. The van der Waals surface area contributed by atoms with Gasteiger partial charge >= 0.3 is 18.3 Å². The molecule has 1 amide bonds. The molecule has 2 unspecified atom stereocenters. The summed E-state index contributed by atoms with van der Waals surface area (Å²) < 4.78 is 82.4. The topological polar surface area (TPSA) is 58.6 Å². The van der Waals surface area contributed by atoms with Gasteiger partial charge < -0.3 is 10.1 Å². The van der Waals surface area contributed by atoms with Gasteiger partial charge in [0.25, 0.3) is 0 Å². The lowest BCUT2D eigenvalue weighted by Gasteiger charge is -2.39. The molecule has 5 nitrogen and oxygen atoms in total. The Hall–Kier alpha value is -3.86. The molecule has 3 aromatic rings. The minimum absolute atomic E-state index is 0.157. The first-order valence-electron chi connectivity index (χ1n) is 14.4. The molecule has 0 aromatic heterocycles. The highest BCUT2D eigenvalue weighted by Gasteiger charge is 2.50. The van der Waals surface area contributed by atoms with Crippen LogP contribution >= 0.6 is 0 Å². The van der Waals surface area contributed by atoms with E-state index >= 15 is 0 Å². The number of alkyl halides is 6. The van der Waals surface area contributed by atoms with Crippen molar-refractivity contribution >= 4 is 11.9 Å². The fourth-order valence-electron chi connectivity index (χ4n) is 5.61. The highest BCUT2D eigenvalue weighted by Crippen LogP contribution is 2.55. The van der Waals surface area contributed by atoms with Crippen molar-refractivity contribution in [3.63, 3.8) is 0 Å². The van der Waals surface area contributed by atoms with Crippen LogP contribution in [0.5, 0.6) is 0 Å². The van der Waals surface area contributed by atoms with Crippen LogP contribution in [0.2, 0.25) is 0 Å². The van der Waals surface area contributed by atoms with Gasteiger partial charge in [0.2, 0.25) is 5.91 Å². The molecule has 3 aromatic carbocycles. The molecule has 1 aliphatic carbocycles. The zero-order chi connectivity index (χ0) is 31.7. The number of carbonyl (C=O) groups is 2. The third-order valence-corrected chi connectivity index (χ3v) is 8.58. The van der Waals surface area contributed by atoms with Gasteiger partial charge in [-0.15, -0.1) is 0 Å². The summed E-state index contributed by atoms with van der Waals surface area (Å²) in [6.07, 6.45) is -5.08. The van der Waals surface area contributed by atoms with Crippen molar-refractivity contribution in [3.8, 4) is 0 Å². The van der Waals surface area contributed by atoms with Crippen LogP contribution in [0.1, 0.15) is 76.8 Å². The number of ether oxygens (including phenoxy) is 1. The van der Waals surface area contributed by atoms with Crippen molar-refractivity contribution in [3.05, 3.63) is 106 Å². The summed E-state index contributed by atoms with van der Waals surface area (Å²) in [5, 5.41) is 3.06. The normalized spacial score (nSPS) is 18.9. The first-order valence-corrected chi connectivity index (χ1v) is 14.4. The lowest BCUT2D eigenvalue weighted by atomic mass is 9.87. The summed E-state index contributed by atoms with van der Waals surface area (Å²) in [4.78, 5) is 28.0. The highest BCUT2D eigenvalue weighted by molar-refractivity contribution is 5.89. The fraction of sp³-hybridized carbons (Fsp3) is 0.394. The van der Waals surface area contributed by atoms with Gasteiger partial charge in [-0.25, -0.2) is 4.79 Å². The van der Waals surface area contributed by atoms with Crippen LogP contribution in [0.25, 0.3) is 0 Å². The van der Waals surface area contributed by atoms with Crippen molar-refractivity contribution in [2.75, 3.05) is 6.54 Å². The van der Waals surface area contributed by atoms with Crippen molar-refractivity contribution in [2.24, 2.45) is 5.41 Å². The first kappa shape index (κ1) is 31.6. The van der Waals surface area contributed by atoms with Crippen LogP contribution in [0.4, 0.5) is 26.3 Å². The maximum atomic E-state index is 13.5. The molecule has 5 rings (SSSR count). The Kier molecular flexibility index (Phi) is 8.80. The van der Waals surface area contributed by atoms with E-state index in [1.165, 1.54) is 24.3 Å². The standard InChI is InChI=1S/C33H32F6N2O3/c1-21(24-6-8-25(9-7-24)30(43)44-20-23-4-12-27(13-5-23)33(37,38)39)40-29(42)28-18-31(14-15-31)16-17-41(28)19-22-2-10-26(11-3-22)32(34,35)36/h2-13,21,28H,14-20H2,1H3,(H,40,42). The number of hydrogen-bond donors (Lipinski definition) is 1. The monoisotopic (exact) mass is 618 g/mol. The Morgan fingerprint density at radius 3 is 1.91 bits per heavy atom. The minimum atomic E-state index is -4.45. The van der Waals surface area contributed by atoms with Gasteiger partial charge in [0.1, 0.15) is 6.61 Å². The van der Waals surface area contributed by atoms with Crippen molar-refractivity contribution < 1.29 is 40.7 Å². The zero-order valence-corrected chi connectivity index (χ0v) is 24.0. The molecule has 234 valence electrons. The van der Waals surface area contributed by atoms with Gasteiger partial charge in [0, 0.05) is 6.54 Å². The summed E-state index contributed by atoms with van der Waals surface area (Å²) in [5.41, 5.74) is 0.794. The number of amides is 1. The summed E-state index contributed by atoms with van der Waals surface area (Å²) in [6.45, 7) is 2.68. The molecule has 44 heavy (non-hydrogen) atoms. The average Bonchev–Trinajstić information content (AvgIpc) is 3.75. The number of carbonyl (C=O) groups excluding carboxylic acids is 2. The Morgan fingerprint density at radius 1 is 0.841 bits per heavy atom. The van der Waals surface area contributed by atoms with Crippen molar-refractivity contribution in [2.45, 2.75) is 70.2 Å². The SMILES string of the molecule is CC(NC(=O)C1CC2(CCN1Cc1ccc(C(F)(F)F)cc1)CC2)c1ccc(C(=O)OCc2ccc(C(F)(F)F)cc2)cc1. The average molecular weight is 619 g/mol. The molecule has 1 saturated heterocycles. The van der Waals surface area contributed by atoms with Gasteiger partial charge in [-0.1, -0.05) is 36.4 Å². The summed E-state index contributed by atoms with van der Waals surface area (Å²) >= 11 is 0. The zero-order valence-electron chi connectivity index (χ0n) is 24.0. The number of halogens is 6. The predicted molar refractivity (Wildman–Crippen MR) is 150 cm³/mol. The van der Waals surface area contributed by atoms with E-state index in [4.69, 9.17) is 4.74 Å². The second-order valence-corrected chi connectivity index (χ2v) is 11.8. The van der Waals surface area contributed by atoms with Gasteiger partial charge in [-0.2, -0.15) is 26.3 Å². The van der Waals surface area contributed by atoms with Crippen molar-refractivity contribution in [1.82, 2.24) is 10.2 Å². The van der Waals surface area contributed by atoms with Crippen LogP contribution < -0.4 is 5.32 Å². The Morgan fingerprint density at radius 2 is 1.39 bits per heavy atom. The van der Waals surface area contributed by atoms with Crippen molar-refractivity contribution in [1.29, 1.82) is 0 Å². The van der Waals surface area contributed by atoms with Crippen LogP contribution in [0.3, 0.4) is 0 Å². The molecule has 0 radical (unpaired) electrons. The maximum Gasteiger partial charge on any atom is 0.416 e. The van der Waals surface area contributed by atoms with E-state index in [-0.39, 0.29) is 29.5 Å². The number of rotatable bonds is 8. The maximum absolute atomic E-state index is 13.5. The van der Waals surface area contributed by atoms with E-state index in [2.05, 4.69) is 5.32 Å². The molecule has 1 saturated carbocycles. The number of esters is 1. The van der Waals surface area contributed by atoms with E-state index in [0.717, 1.165) is 49.1 Å². The lowest BCUT2D eigenvalue weighted by molar-refractivity contribution is -0.138. The Balaban J connectivity index is 1.17. The number of likely N-dealkylation sites (tertiary alicyclic amines) is 1. The second-order valence-electron chi connectivity index (χ2n) is 11.8. The van der Waals surface area contributed by atoms with E-state index in [9.17, 15) is 35.9 Å². The Bertz CT molecular complexity index is 1460. The fourth-order valence-corrected chi connectivity index (χ4v) is 5.61. The van der Waals surface area contributed by atoms with Gasteiger partial charge in [-0.05, 0) is 97.7 Å². The van der Waals surface area contributed by atoms with Gasteiger partial charge in [0.15, 0.2) is 0 Å². The van der Waals surface area contributed by atoms with E-state index in [1.807, 2.05) is 11.8 Å². The molecular formula is C33H32F6N2O3. The van der Waals surface area contributed by atoms with Crippen LogP contribution in [-0.2, 0) is 35.0 Å². The molecule has 1 spiro atoms. The van der Waals surface area contributed by atoms with Crippen LogP contribution in [0, 0.1) is 5.41 Å². The van der Waals surface area contributed by atoms with Gasteiger partial charge in [-0.3, -0.25) is 9.69 Å². The number of nitrogens with one attached hydrogen (secondary N) is 1. The number of benzene rings is 3. The molecule has 2 atom stereocenters. The molecule has 1 aliphatic heterocycles. The third kappa shape index (κ3) is 7.61. The number of piperidine rings is 1. The van der Waals surface area contributed by atoms with E-state index < -0.39 is 35.5 Å². The van der Waals surface area contributed by atoms with Crippen LogP contribution in [-0.4, -0.2) is 29.4 Å². The lowest BCUT2D eigenvalue weighted by Crippen LogP contribution is -2.51. The summed E-state index contributed by atoms with van der Waals surface area (Å²) in [5.74, 6) is -0.792. The summed E-state index contributed by atoms with van der Waals surface area (Å²) in [7, 11) is 0. The molecule has 2 aliphatic rings. The minimum Gasteiger partial charge on any atom is -0.457 e. The number of nitrogens with zero attached hydrogens (tertiary/aromatic N) is 1. The molecule has 1 heterocycles. The van der Waals surface area contributed by atoms with Gasteiger partial charge in [0.05, 0.1) is 28.8 Å². The van der Waals surface area contributed by atoms with E-state index in [0.29, 0.717) is 30.6 Å². The quantitative estimate of drug-likeness (QED) is 0.208. The number of hydrogen-bond acceptors (Lipinski definition) is 4. The third-order valence-electron chi connectivity index (χ3n) is 8.58. The van der Waals surface area contributed by atoms with E-state index in [1.54, 1.807) is 24.3 Å². The molecule has 0 bridgehead atoms. The molecule has 11 heteroatoms. The largest absolute Gasteiger partial charge is 0.457 e. The summed E-state index contributed by atoms with van der Waals surface area (Å²) in [6, 6.07) is 15.1.